The average Bonchev–Trinajstić information content (AvgIpc) is 2.28. The maximum Gasteiger partial charge on any atom is 0.150 e. The number of methoxy groups -OCH3 is 1. The van der Waals surface area contributed by atoms with E-state index in [4.69, 9.17) is 9.47 Å². The highest BCUT2D eigenvalue weighted by Crippen LogP contribution is 2.34. The van der Waals surface area contributed by atoms with E-state index in [2.05, 4.69) is 31.9 Å². The molecule has 0 aliphatic heterocycles. The van der Waals surface area contributed by atoms with Crippen molar-refractivity contribution in [2.45, 2.75) is 6.10 Å². The number of aliphatic hydroxyl groups excluding tert-OH is 1. The van der Waals surface area contributed by atoms with Gasteiger partial charge in [0.25, 0.3) is 0 Å². The van der Waals surface area contributed by atoms with Gasteiger partial charge in [-0.25, -0.2) is 0 Å². The Morgan fingerprint density at radius 1 is 1.35 bits per heavy atom. The zero-order valence-corrected chi connectivity index (χ0v) is 12.3. The molecule has 1 aromatic rings. The Balaban J connectivity index is 2.74. The van der Waals surface area contributed by atoms with Crippen LogP contribution in [-0.4, -0.2) is 37.8 Å². The number of rotatable bonds is 6. The van der Waals surface area contributed by atoms with Crippen molar-refractivity contribution in [3.63, 3.8) is 0 Å². The van der Waals surface area contributed by atoms with Gasteiger partial charge in [-0.3, -0.25) is 4.79 Å². The third-order valence-corrected chi connectivity index (χ3v) is 3.11. The lowest BCUT2D eigenvalue weighted by atomic mass is 10.2. The number of benzene rings is 1. The molecule has 1 rings (SSSR count). The zero-order chi connectivity index (χ0) is 12.8. The number of hydrogen-bond donors (Lipinski definition) is 1. The molecule has 0 aromatic heterocycles. The molecule has 0 bridgehead atoms. The molecule has 0 fully saturated rings. The lowest BCUT2D eigenvalue weighted by molar-refractivity contribution is 0.0322. The number of ether oxygens (including phenoxy) is 2. The molecule has 17 heavy (non-hydrogen) atoms. The van der Waals surface area contributed by atoms with Crippen molar-refractivity contribution in [3.8, 4) is 5.75 Å². The van der Waals surface area contributed by atoms with Gasteiger partial charge in [-0.1, -0.05) is 0 Å². The Hall–Kier alpha value is -0.430. The number of halogens is 2. The number of aliphatic hydroxyl groups is 1. The van der Waals surface area contributed by atoms with Crippen molar-refractivity contribution >= 4 is 38.1 Å². The molecule has 0 saturated carbocycles. The molecule has 1 unspecified atom stereocenters. The minimum Gasteiger partial charge on any atom is -0.488 e. The number of aldehydes is 1. The molecule has 4 nitrogen and oxygen atoms in total. The molecule has 6 heteroatoms. The minimum absolute atomic E-state index is 0.117. The lowest BCUT2D eigenvalue weighted by Crippen LogP contribution is -2.22. The summed E-state index contributed by atoms with van der Waals surface area (Å²) in [4.78, 5) is 10.6. The van der Waals surface area contributed by atoms with Gasteiger partial charge in [0.2, 0.25) is 0 Å². The highest BCUT2D eigenvalue weighted by atomic mass is 79.9. The van der Waals surface area contributed by atoms with Gasteiger partial charge in [0.05, 0.1) is 15.6 Å². The van der Waals surface area contributed by atoms with E-state index in [0.717, 1.165) is 6.29 Å². The number of hydrogen-bond acceptors (Lipinski definition) is 4. The Bertz CT molecular complexity index is 372. The van der Waals surface area contributed by atoms with Crippen LogP contribution < -0.4 is 4.74 Å². The summed E-state index contributed by atoms with van der Waals surface area (Å²) in [7, 11) is 1.51. The van der Waals surface area contributed by atoms with Crippen molar-refractivity contribution in [3.05, 3.63) is 26.6 Å². The third-order valence-electron chi connectivity index (χ3n) is 1.94. The summed E-state index contributed by atoms with van der Waals surface area (Å²) in [6.07, 6.45) is 0.0588. The van der Waals surface area contributed by atoms with E-state index in [9.17, 15) is 9.90 Å². The fourth-order valence-electron chi connectivity index (χ4n) is 1.21. The van der Waals surface area contributed by atoms with E-state index in [0.29, 0.717) is 20.3 Å². The molecule has 1 N–H and O–H groups in total. The van der Waals surface area contributed by atoms with E-state index in [1.165, 1.54) is 7.11 Å². The highest BCUT2D eigenvalue weighted by molar-refractivity contribution is 9.11. The van der Waals surface area contributed by atoms with Crippen LogP contribution in [0.3, 0.4) is 0 Å². The van der Waals surface area contributed by atoms with Gasteiger partial charge in [-0.05, 0) is 44.0 Å². The van der Waals surface area contributed by atoms with E-state index >= 15 is 0 Å². The van der Waals surface area contributed by atoms with Crippen LogP contribution >= 0.6 is 31.9 Å². The van der Waals surface area contributed by atoms with Crippen molar-refractivity contribution in [1.29, 1.82) is 0 Å². The van der Waals surface area contributed by atoms with E-state index in [-0.39, 0.29) is 13.2 Å². The Morgan fingerprint density at radius 2 is 1.94 bits per heavy atom. The maximum absolute atomic E-state index is 10.6. The summed E-state index contributed by atoms with van der Waals surface area (Å²) in [5.41, 5.74) is 0.536. The summed E-state index contributed by atoms with van der Waals surface area (Å²) >= 11 is 6.60. The van der Waals surface area contributed by atoms with E-state index in [1.54, 1.807) is 12.1 Å². The van der Waals surface area contributed by atoms with Crippen LogP contribution in [0.5, 0.6) is 5.75 Å². The Labute approximate surface area is 116 Å². The van der Waals surface area contributed by atoms with Crippen molar-refractivity contribution in [2.75, 3.05) is 20.3 Å². The van der Waals surface area contributed by atoms with Crippen molar-refractivity contribution in [2.24, 2.45) is 0 Å². The molecule has 0 saturated heterocycles. The smallest absolute Gasteiger partial charge is 0.150 e. The van der Waals surface area contributed by atoms with Crippen LogP contribution in [0.4, 0.5) is 0 Å². The molecule has 1 aromatic carbocycles. The maximum atomic E-state index is 10.6. The first-order chi connectivity index (χ1) is 8.08. The van der Waals surface area contributed by atoms with Gasteiger partial charge in [0, 0.05) is 12.7 Å². The van der Waals surface area contributed by atoms with Gasteiger partial charge in [0.15, 0.2) is 0 Å². The van der Waals surface area contributed by atoms with Gasteiger partial charge in [-0.15, -0.1) is 0 Å². The van der Waals surface area contributed by atoms with Crippen molar-refractivity contribution in [1.82, 2.24) is 0 Å². The van der Waals surface area contributed by atoms with E-state index in [1.807, 2.05) is 0 Å². The van der Waals surface area contributed by atoms with E-state index < -0.39 is 6.10 Å². The second kappa shape index (κ2) is 7.10. The largest absolute Gasteiger partial charge is 0.488 e. The topological polar surface area (TPSA) is 55.8 Å². The average molecular weight is 368 g/mol. The minimum atomic E-state index is -0.690. The predicted molar refractivity (Wildman–Crippen MR) is 70.6 cm³/mol. The molecule has 1 atom stereocenters. The fraction of sp³-hybridized carbons (Fsp3) is 0.364. The second-order valence-electron chi connectivity index (χ2n) is 3.35. The van der Waals surface area contributed by atoms with Crippen LogP contribution in [0.2, 0.25) is 0 Å². The van der Waals surface area contributed by atoms with Gasteiger partial charge >= 0.3 is 0 Å². The molecule has 0 amide bonds. The van der Waals surface area contributed by atoms with Crippen LogP contribution in [0.15, 0.2) is 21.1 Å². The third kappa shape index (κ3) is 4.39. The monoisotopic (exact) mass is 366 g/mol. The van der Waals surface area contributed by atoms with Gasteiger partial charge in [-0.2, -0.15) is 0 Å². The molecule has 0 spiro atoms. The molecule has 0 radical (unpaired) electrons. The number of carbonyl (C=O) groups is 1. The van der Waals surface area contributed by atoms with Gasteiger partial charge < -0.3 is 14.6 Å². The first kappa shape index (κ1) is 14.6. The van der Waals surface area contributed by atoms with Crippen LogP contribution in [0.25, 0.3) is 0 Å². The SMILES string of the molecule is COCC(O)COc1c(Br)cc(C=O)cc1Br. The molecular weight excluding hydrogens is 356 g/mol. The van der Waals surface area contributed by atoms with Crippen LogP contribution in [0, 0.1) is 0 Å². The van der Waals surface area contributed by atoms with Gasteiger partial charge in [0.1, 0.15) is 24.7 Å². The Kier molecular flexibility index (Phi) is 6.11. The summed E-state index contributed by atoms with van der Waals surface area (Å²) in [6, 6.07) is 3.30. The molecular formula is C11H12Br2O4. The summed E-state index contributed by atoms with van der Waals surface area (Å²) in [5.74, 6) is 0.547. The van der Waals surface area contributed by atoms with Crippen molar-refractivity contribution < 1.29 is 19.4 Å². The Morgan fingerprint density at radius 3 is 2.41 bits per heavy atom. The zero-order valence-electron chi connectivity index (χ0n) is 9.15. The number of carbonyl (C=O) groups excluding carboxylic acids is 1. The summed E-state index contributed by atoms with van der Waals surface area (Å²) in [5, 5.41) is 9.46. The first-order valence-electron chi connectivity index (χ1n) is 4.82. The quantitative estimate of drug-likeness (QED) is 0.784. The highest BCUT2D eigenvalue weighted by Gasteiger charge is 2.11. The fourth-order valence-corrected chi connectivity index (χ4v) is 2.66. The molecule has 94 valence electrons. The summed E-state index contributed by atoms with van der Waals surface area (Å²) in [6.45, 7) is 0.327. The standard InChI is InChI=1S/C11H12Br2O4/c1-16-5-8(15)6-17-11-9(12)2-7(4-14)3-10(11)13/h2-4,8,15H,5-6H2,1H3. The summed E-state index contributed by atoms with van der Waals surface area (Å²) < 4.78 is 11.5. The predicted octanol–water partition coefficient (Wildman–Crippen LogP) is 2.41. The lowest BCUT2D eigenvalue weighted by Gasteiger charge is -2.14. The van der Waals surface area contributed by atoms with Crippen LogP contribution in [0.1, 0.15) is 10.4 Å². The molecule has 0 aliphatic carbocycles. The molecule has 0 aliphatic rings. The van der Waals surface area contributed by atoms with Crippen LogP contribution in [-0.2, 0) is 4.74 Å². The second-order valence-corrected chi connectivity index (χ2v) is 5.06. The normalized spacial score (nSPS) is 12.2. The molecule has 0 heterocycles. The first-order valence-corrected chi connectivity index (χ1v) is 6.41.